The largest absolute Gasteiger partial charge is 0.356 e. The molecule has 3 heteroatoms. The molecule has 0 heterocycles. The molecule has 0 saturated carbocycles. The third kappa shape index (κ3) is 18.3. The van der Waals surface area contributed by atoms with Gasteiger partial charge >= 0.3 is 0 Å². The fraction of sp³-hybridized carbons (Fsp3) is 0.333. The molecule has 0 aromatic heterocycles. The monoisotopic (exact) mass is 166 g/mol. The molecular weight excluding hydrogens is 159 g/mol. The highest BCUT2D eigenvalue weighted by molar-refractivity contribution is 5.85. The summed E-state index contributed by atoms with van der Waals surface area (Å²) in [5.41, 5.74) is 0. The van der Waals surface area contributed by atoms with Crippen molar-refractivity contribution in [2.24, 2.45) is 0 Å². The molecule has 0 saturated heterocycles. The third-order valence-corrected chi connectivity index (χ3v) is 0.371. The summed E-state index contributed by atoms with van der Waals surface area (Å²) < 4.78 is 4.66. The Balaban J connectivity index is -0.000000180. The molecule has 0 bridgehead atoms. The maximum absolute atomic E-state index is 4.83. The first-order valence-electron chi connectivity index (χ1n) is 1.86. The molecule has 0 rings (SSSR count). The van der Waals surface area contributed by atoms with Crippen LogP contribution in [0.25, 0.3) is 0 Å². The van der Waals surface area contributed by atoms with Crippen molar-refractivity contribution in [3.05, 3.63) is 0 Å². The van der Waals surface area contributed by atoms with E-state index in [9.17, 15) is 0 Å². The first-order chi connectivity index (χ1) is 3.41. The Hall–Kier alpha value is -0.340. The molecule has 0 amide bonds. The molecule has 0 aliphatic carbocycles. The van der Waals surface area contributed by atoms with E-state index in [1.807, 2.05) is 0 Å². The van der Waals surface area contributed by atoms with Crippen molar-refractivity contribution in [2.75, 3.05) is 13.2 Å². The van der Waals surface area contributed by atoms with Gasteiger partial charge in [-0.2, -0.15) is 0 Å². The lowest BCUT2D eigenvalue weighted by molar-refractivity contribution is 0.205. The summed E-state index contributed by atoms with van der Waals surface area (Å²) in [4.78, 5) is 0. The molecular formula is C6H8Cl2O. The topological polar surface area (TPSA) is 9.23 Å². The van der Waals surface area contributed by atoms with Crippen molar-refractivity contribution in [3.63, 3.8) is 0 Å². The highest BCUT2D eigenvalue weighted by Crippen LogP contribution is 1.65. The van der Waals surface area contributed by atoms with Crippen LogP contribution in [0, 0.1) is 24.7 Å². The Labute approximate surface area is 68.0 Å². The molecule has 0 fully saturated rings. The molecule has 0 aliphatic rings. The minimum atomic E-state index is 0. The third-order valence-electron chi connectivity index (χ3n) is 0.371. The molecule has 9 heavy (non-hydrogen) atoms. The average Bonchev–Trinajstić information content (AvgIpc) is 1.69. The summed E-state index contributed by atoms with van der Waals surface area (Å²) in [5.74, 6) is 4.57. The average molecular weight is 167 g/mol. The number of ether oxygens (including phenoxy) is 1. The van der Waals surface area contributed by atoms with Gasteiger partial charge in [0.25, 0.3) is 0 Å². The van der Waals surface area contributed by atoms with Crippen molar-refractivity contribution in [1.82, 2.24) is 0 Å². The van der Waals surface area contributed by atoms with Gasteiger partial charge in [-0.1, -0.05) is 11.8 Å². The van der Waals surface area contributed by atoms with Gasteiger partial charge in [-0.25, -0.2) is 0 Å². The number of hydrogen-bond donors (Lipinski definition) is 0. The van der Waals surface area contributed by atoms with Gasteiger partial charge in [0.1, 0.15) is 13.2 Å². The second-order valence-electron chi connectivity index (χ2n) is 0.901. The SMILES string of the molecule is C#CCOCC#C.Cl.Cl. The van der Waals surface area contributed by atoms with Crippen LogP contribution in [0.1, 0.15) is 0 Å². The van der Waals surface area contributed by atoms with Crippen LogP contribution in [0.5, 0.6) is 0 Å². The van der Waals surface area contributed by atoms with Gasteiger partial charge in [-0.15, -0.1) is 37.7 Å². The smallest absolute Gasteiger partial charge is 0.108 e. The molecule has 0 aliphatic heterocycles. The van der Waals surface area contributed by atoms with Gasteiger partial charge < -0.3 is 4.74 Å². The first kappa shape index (κ1) is 15.9. The Morgan fingerprint density at radius 1 is 1.00 bits per heavy atom. The van der Waals surface area contributed by atoms with Crippen LogP contribution < -0.4 is 0 Å². The zero-order valence-electron chi connectivity index (χ0n) is 4.79. The molecule has 0 aromatic carbocycles. The zero-order chi connectivity index (χ0) is 5.54. The van der Waals surface area contributed by atoms with Crippen LogP contribution in [0.2, 0.25) is 0 Å². The van der Waals surface area contributed by atoms with Gasteiger partial charge in [-0.05, 0) is 0 Å². The van der Waals surface area contributed by atoms with Crippen molar-refractivity contribution in [3.8, 4) is 24.7 Å². The normalized spacial score (nSPS) is 5.11. The molecule has 0 N–H and O–H groups in total. The number of rotatable bonds is 2. The van der Waals surface area contributed by atoms with Crippen molar-refractivity contribution < 1.29 is 4.74 Å². The quantitative estimate of drug-likeness (QED) is 0.442. The molecule has 1 nitrogen and oxygen atoms in total. The van der Waals surface area contributed by atoms with Crippen LogP contribution >= 0.6 is 24.8 Å². The summed E-state index contributed by atoms with van der Waals surface area (Å²) in [7, 11) is 0. The summed E-state index contributed by atoms with van der Waals surface area (Å²) in [6, 6.07) is 0. The van der Waals surface area contributed by atoms with E-state index in [1.54, 1.807) is 0 Å². The van der Waals surface area contributed by atoms with Gasteiger partial charge in [0.2, 0.25) is 0 Å². The second kappa shape index (κ2) is 15.6. The van der Waals surface area contributed by atoms with Gasteiger partial charge in [-0.3, -0.25) is 0 Å². The summed E-state index contributed by atoms with van der Waals surface area (Å²) in [6.07, 6.45) is 9.65. The predicted octanol–water partition coefficient (Wildman–Crippen LogP) is 1.11. The van der Waals surface area contributed by atoms with Crippen LogP contribution in [0.3, 0.4) is 0 Å². The summed E-state index contributed by atoms with van der Waals surface area (Å²) in [6.45, 7) is 0.619. The molecule has 0 unspecified atom stereocenters. The Morgan fingerprint density at radius 3 is 1.56 bits per heavy atom. The van der Waals surface area contributed by atoms with Gasteiger partial charge in [0.05, 0.1) is 0 Å². The van der Waals surface area contributed by atoms with Crippen molar-refractivity contribution in [1.29, 1.82) is 0 Å². The highest BCUT2D eigenvalue weighted by Gasteiger charge is 1.71. The number of hydrogen-bond acceptors (Lipinski definition) is 1. The van der Waals surface area contributed by atoms with Crippen LogP contribution in [-0.2, 0) is 4.74 Å². The lowest BCUT2D eigenvalue weighted by atomic mass is 10.7. The number of halogens is 2. The maximum atomic E-state index is 4.83. The first-order valence-corrected chi connectivity index (χ1v) is 1.86. The van der Waals surface area contributed by atoms with E-state index in [4.69, 9.17) is 12.8 Å². The second-order valence-corrected chi connectivity index (χ2v) is 0.901. The van der Waals surface area contributed by atoms with Crippen molar-refractivity contribution >= 4 is 24.8 Å². The fourth-order valence-corrected chi connectivity index (χ4v) is 0.169. The minimum absolute atomic E-state index is 0. The van der Waals surface area contributed by atoms with E-state index in [0.717, 1.165) is 0 Å². The fourth-order valence-electron chi connectivity index (χ4n) is 0.169. The highest BCUT2D eigenvalue weighted by atomic mass is 35.5. The van der Waals surface area contributed by atoms with Crippen LogP contribution in [-0.4, -0.2) is 13.2 Å². The van der Waals surface area contributed by atoms with E-state index >= 15 is 0 Å². The van der Waals surface area contributed by atoms with Gasteiger partial charge in [0.15, 0.2) is 0 Å². The Kier molecular flexibility index (Phi) is 27.6. The summed E-state index contributed by atoms with van der Waals surface area (Å²) >= 11 is 0. The summed E-state index contributed by atoms with van der Waals surface area (Å²) in [5, 5.41) is 0. The minimum Gasteiger partial charge on any atom is -0.356 e. The van der Waals surface area contributed by atoms with E-state index in [2.05, 4.69) is 16.6 Å². The maximum Gasteiger partial charge on any atom is 0.108 e. The van der Waals surface area contributed by atoms with E-state index < -0.39 is 0 Å². The van der Waals surface area contributed by atoms with Crippen molar-refractivity contribution in [2.45, 2.75) is 0 Å². The molecule has 0 atom stereocenters. The molecule has 0 spiro atoms. The molecule has 0 radical (unpaired) electrons. The molecule has 0 aromatic rings. The Bertz CT molecular complexity index is 95.2. The van der Waals surface area contributed by atoms with E-state index in [-0.39, 0.29) is 24.8 Å². The molecule has 52 valence electrons. The standard InChI is InChI=1S/C6H6O.2ClH/c1-3-5-7-6-4-2;;/h1-2H,5-6H2;2*1H. The lowest BCUT2D eigenvalue weighted by Crippen LogP contribution is -1.89. The van der Waals surface area contributed by atoms with Crippen LogP contribution in [0.15, 0.2) is 0 Å². The van der Waals surface area contributed by atoms with E-state index in [1.165, 1.54) is 0 Å². The van der Waals surface area contributed by atoms with Crippen LogP contribution in [0.4, 0.5) is 0 Å². The predicted molar refractivity (Wildman–Crippen MR) is 43.0 cm³/mol. The zero-order valence-corrected chi connectivity index (χ0v) is 6.43. The lowest BCUT2D eigenvalue weighted by Gasteiger charge is -1.86. The number of terminal acetylenes is 2. The van der Waals surface area contributed by atoms with E-state index in [0.29, 0.717) is 13.2 Å². The Morgan fingerprint density at radius 2 is 1.33 bits per heavy atom. The van der Waals surface area contributed by atoms with Gasteiger partial charge in [0, 0.05) is 0 Å².